The van der Waals surface area contributed by atoms with Gasteiger partial charge in [-0.05, 0) is 31.5 Å². The fourth-order valence-electron chi connectivity index (χ4n) is 1.50. The third-order valence-corrected chi connectivity index (χ3v) is 2.89. The maximum Gasteiger partial charge on any atom is 0.248 e. The molecule has 106 valence electrons. The van der Waals surface area contributed by atoms with Crippen LogP contribution in [0.1, 0.15) is 25.5 Å². The second-order valence-corrected chi connectivity index (χ2v) is 4.44. The van der Waals surface area contributed by atoms with Crippen LogP contribution >= 0.6 is 11.6 Å². The van der Waals surface area contributed by atoms with Crippen LogP contribution in [-0.2, 0) is 9.53 Å². The molecule has 2 unspecified atom stereocenters. The van der Waals surface area contributed by atoms with Gasteiger partial charge in [-0.1, -0.05) is 17.7 Å². The van der Waals surface area contributed by atoms with Crippen molar-refractivity contribution in [2.24, 2.45) is 0 Å². The minimum Gasteiger partial charge on any atom is -0.387 e. The van der Waals surface area contributed by atoms with Crippen molar-refractivity contribution < 1.29 is 19.0 Å². The summed E-state index contributed by atoms with van der Waals surface area (Å²) in [5, 5.41) is 12.4. The number of hydrogen-bond acceptors (Lipinski definition) is 3. The van der Waals surface area contributed by atoms with E-state index >= 15 is 0 Å². The quantitative estimate of drug-likeness (QED) is 0.843. The number of rotatable bonds is 6. The van der Waals surface area contributed by atoms with Gasteiger partial charge in [0.15, 0.2) is 0 Å². The van der Waals surface area contributed by atoms with E-state index in [0.717, 1.165) is 6.07 Å². The smallest absolute Gasteiger partial charge is 0.248 e. The Morgan fingerprint density at radius 1 is 1.58 bits per heavy atom. The van der Waals surface area contributed by atoms with E-state index in [9.17, 15) is 14.3 Å². The Morgan fingerprint density at radius 2 is 2.26 bits per heavy atom. The van der Waals surface area contributed by atoms with Gasteiger partial charge in [0.25, 0.3) is 0 Å². The lowest BCUT2D eigenvalue weighted by atomic mass is 10.1. The van der Waals surface area contributed by atoms with Crippen LogP contribution in [0.2, 0.25) is 5.02 Å². The minimum absolute atomic E-state index is 0.00930. The molecule has 1 aromatic rings. The van der Waals surface area contributed by atoms with Crippen molar-refractivity contribution in [1.82, 2.24) is 5.32 Å². The summed E-state index contributed by atoms with van der Waals surface area (Å²) in [5.74, 6) is -0.928. The Bertz CT molecular complexity index is 442. The zero-order valence-electron chi connectivity index (χ0n) is 10.8. The van der Waals surface area contributed by atoms with Crippen LogP contribution < -0.4 is 5.32 Å². The van der Waals surface area contributed by atoms with Gasteiger partial charge in [-0.25, -0.2) is 4.39 Å². The number of amides is 1. The molecule has 0 bridgehead atoms. The third kappa shape index (κ3) is 4.78. The topological polar surface area (TPSA) is 58.6 Å². The number of halogens is 2. The molecule has 0 saturated carbocycles. The SMILES string of the molecule is CCOC(C)C(=O)NCC(O)c1ccc(Cl)c(F)c1. The molecule has 0 fully saturated rings. The highest BCUT2D eigenvalue weighted by molar-refractivity contribution is 6.30. The van der Waals surface area contributed by atoms with Crippen LogP contribution in [-0.4, -0.2) is 30.3 Å². The van der Waals surface area contributed by atoms with Crippen molar-refractivity contribution in [2.45, 2.75) is 26.1 Å². The summed E-state index contributed by atoms with van der Waals surface area (Å²) < 4.78 is 18.3. The molecular formula is C13H17ClFNO3. The van der Waals surface area contributed by atoms with E-state index in [2.05, 4.69) is 5.32 Å². The van der Waals surface area contributed by atoms with Crippen LogP contribution in [0.4, 0.5) is 4.39 Å². The monoisotopic (exact) mass is 289 g/mol. The summed E-state index contributed by atoms with van der Waals surface area (Å²) in [6, 6.07) is 4.01. The first-order valence-corrected chi connectivity index (χ1v) is 6.35. The average molecular weight is 290 g/mol. The van der Waals surface area contributed by atoms with E-state index in [0.29, 0.717) is 12.2 Å². The molecule has 1 aromatic carbocycles. The molecule has 0 saturated heterocycles. The number of ether oxygens (including phenoxy) is 1. The predicted molar refractivity (Wildman–Crippen MR) is 70.5 cm³/mol. The number of hydrogen-bond donors (Lipinski definition) is 2. The highest BCUT2D eigenvalue weighted by Gasteiger charge is 2.15. The molecule has 0 aromatic heterocycles. The summed E-state index contributed by atoms with van der Waals surface area (Å²) in [4.78, 5) is 11.5. The van der Waals surface area contributed by atoms with E-state index in [-0.39, 0.29) is 17.5 Å². The molecule has 2 N–H and O–H groups in total. The van der Waals surface area contributed by atoms with E-state index in [1.54, 1.807) is 13.8 Å². The second kappa shape index (κ2) is 7.43. The Labute approximate surface area is 116 Å². The van der Waals surface area contributed by atoms with Crippen molar-refractivity contribution >= 4 is 17.5 Å². The molecule has 6 heteroatoms. The first-order valence-electron chi connectivity index (χ1n) is 5.98. The summed E-state index contributed by atoms with van der Waals surface area (Å²) >= 11 is 5.55. The van der Waals surface area contributed by atoms with Crippen LogP contribution in [0.5, 0.6) is 0 Å². The largest absolute Gasteiger partial charge is 0.387 e. The van der Waals surface area contributed by atoms with Gasteiger partial charge in [0, 0.05) is 13.2 Å². The van der Waals surface area contributed by atoms with E-state index < -0.39 is 18.0 Å². The number of nitrogens with one attached hydrogen (secondary N) is 1. The molecule has 0 aliphatic rings. The number of carbonyl (C=O) groups is 1. The number of benzene rings is 1. The summed E-state index contributed by atoms with van der Waals surface area (Å²) in [7, 11) is 0. The molecule has 1 amide bonds. The molecule has 0 radical (unpaired) electrons. The first-order chi connectivity index (χ1) is 8.95. The maximum atomic E-state index is 13.2. The number of carbonyl (C=O) groups excluding carboxylic acids is 1. The lowest BCUT2D eigenvalue weighted by molar-refractivity contribution is -0.131. The highest BCUT2D eigenvalue weighted by Crippen LogP contribution is 2.19. The van der Waals surface area contributed by atoms with Crippen molar-refractivity contribution in [2.75, 3.05) is 13.2 Å². The number of aliphatic hydroxyl groups excluding tert-OH is 1. The van der Waals surface area contributed by atoms with Crippen LogP contribution in [0.25, 0.3) is 0 Å². The standard InChI is InChI=1S/C13H17ClFNO3/c1-3-19-8(2)13(18)16-7-12(17)9-4-5-10(14)11(15)6-9/h4-6,8,12,17H,3,7H2,1-2H3,(H,16,18). The van der Waals surface area contributed by atoms with E-state index in [1.165, 1.54) is 12.1 Å². The molecule has 0 aliphatic heterocycles. The van der Waals surface area contributed by atoms with Gasteiger partial charge in [-0.2, -0.15) is 0 Å². The van der Waals surface area contributed by atoms with Gasteiger partial charge in [-0.3, -0.25) is 4.79 Å². The van der Waals surface area contributed by atoms with Crippen molar-refractivity contribution in [1.29, 1.82) is 0 Å². The van der Waals surface area contributed by atoms with Crippen LogP contribution in [0, 0.1) is 5.82 Å². The Kier molecular flexibility index (Phi) is 6.21. The molecule has 0 aliphatic carbocycles. The zero-order valence-corrected chi connectivity index (χ0v) is 11.6. The lowest BCUT2D eigenvalue weighted by Gasteiger charge is -2.15. The van der Waals surface area contributed by atoms with Crippen molar-refractivity contribution in [3.8, 4) is 0 Å². The van der Waals surface area contributed by atoms with Gasteiger partial charge in [0.2, 0.25) is 5.91 Å². The molecule has 0 spiro atoms. The molecule has 2 atom stereocenters. The molecule has 19 heavy (non-hydrogen) atoms. The Morgan fingerprint density at radius 3 is 2.84 bits per heavy atom. The molecule has 0 heterocycles. The first kappa shape index (κ1) is 15.9. The van der Waals surface area contributed by atoms with Crippen molar-refractivity contribution in [3.05, 3.63) is 34.6 Å². The Hall–Kier alpha value is -1.17. The zero-order chi connectivity index (χ0) is 14.4. The van der Waals surface area contributed by atoms with Gasteiger partial charge >= 0.3 is 0 Å². The van der Waals surface area contributed by atoms with E-state index in [4.69, 9.17) is 16.3 Å². The van der Waals surface area contributed by atoms with Crippen LogP contribution in [0.15, 0.2) is 18.2 Å². The third-order valence-electron chi connectivity index (χ3n) is 2.58. The second-order valence-electron chi connectivity index (χ2n) is 4.03. The van der Waals surface area contributed by atoms with Gasteiger partial charge in [-0.15, -0.1) is 0 Å². The fraction of sp³-hybridized carbons (Fsp3) is 0.462. The normalized spacial score (nSPS) is 13.9. The van der Waals surface area contributed by atoms with Crippen molar-refractivity contribution in [3.63, 3.8) is 0 Å². The van der Waals surface area contributed by atoms with Gasteiger partial charge in [0.1, 0.15) is 11.9 Å². The molecular weight excluding hydrogens is 273 g/mol. The summed E-state index contributed by atoms with van der Waals surface area (Å²) in [5.41, 5.74) is 0.353. The van der Waals surface area contributed by atoms with Crippen LogP contribution in [0.3, 0.4) is 0 Å². The Balaban J connectivity index is 2.53. The van der Waals surface area contributed by atoms with Gasteiger partial charge in [0.05, 0.1) is 11.1 Å². The highest BCUT2D eigenvalue weighted by atomic mass is 35.5. The summed E-state index contributed by atoms with van der Waals surface area (Å²) in [6.07, 6.45) is -1.58. The van der Waals surface area contributed by atoms with E-state index in [1.807, 2.05) is 0 Å². The fourth-order valence-corrected chi connectivity index (χ4v) is 1.62. The average Bonchev–Trinajstić information content (AvgIpc) is 2.39. The molecule has 1 rings (SSSR count). The lowest BCUT2D eigenvalue weighted by Crippen LogP contribution is -2.37. The molecule has 4 nitrogen and oxygen atoms in total. The summed E-state index contributed by atoms with van der Waals surface area (Å²) in [6.45, 7) is 3.82. The maximum absolute atomic E-state index is 13.2. The van der Waals surface area contributed by atoms with Gasteiger partial charge < -0.3 is 15.2 Å². The predicted octanol–water partition coefficient (Wildman–Crippen LogP) is 2.05. The minimum atomic E-state index is -0.996. The number of aliphatic hydroxyl groups is 1.